The first-order valence-electron chi connectivity index (χ1n) is 6.53. The molecule has 4 heteroatoms. The summed E-state index contributed by atoms with van der Waals surface area (Å²) in [7, 11) is 0. The average molecular weight is 356 g/mol. The van der Waals surface area contributed by atoms with Crippen LogP contribution >= 0.6 is 22.6 Å². The lowest BCUT2D eigenvalue weighted by Gasteiger charge is -2.37. The third-order valence-corrected chi connectivity index (χ3v) is 4.92. The van der Waals surface area contributed by atoms with Crippen molar-refractivity contribution < 1.29 is 4.79 Å². The molecule has 1 aromatic carbocycles. The lowest BCUT2D eigenvalue weighted by Crippen LogP contribution is -2.52. The van der Waals surface area contributed by atoms with Gasteiger partial charge < -0.3 is 4.90 Å². The lowest BCUT2D eigenvalue weighted by atomic mass is 10.1. The monoisotopic (exact) mass is 356 g/mol. The summed E-state index contributed by atoms with van der Waals surface area (Å²) in [6.07, 6.45) is 2.53. The number of benzene rings is 1. The number of nitrogens with zero attached hydrogens (tertiary/aromatic N) is 2. The number of hydrogen-bond donors (Lipinski definition) is 0. The summed E-state index contributed by atoms with van der Waals surface area (Å²) in [5, 5.41) is 0. The SMILES string of the molecule is O=C(c1ccccc1I)N1CCN2CCCC2C1. The molecular weight excluding hydrogens is 339 g/mol. The van der Waals surface area contributed by atoms with Crippen LogP contribution in [0.5, 0.6) is 0 Å². The Morgan fingerprint density at radius 1 is 1.22 bits per heavy atom. The van der Waals surface area contributed by atoms with Crippen LogP contribution < -0.4 is 0 Å². The zero-order valence-electron chi connectivity index (χ0n) is 10.3. The molecule has 0 aromatic heterocycles. The van der Waals surface area contributed by atoms with E-state index in [1.807, 2.05) is 29.2 Å². The van der Waals surface area contributed by atoms with Crippen LogP contribution in [0.2, 0.25) is 0 Å². The van der Waals surface area contributed by atoms with Crippen LogP contribution in [-0.4, -0.2) is 47.9 Å². The van der Waals surface area contributed by atoms with E-state index in [9.17, 15) is 4.79 Å². The molecule has 0 bridgehead atoms. The Balaban J connectivity index is 1.75. The fourth-order valence-corrected chi connectivity index (χ4v) is 3.60. The van der Waals surface area contributed by atoms with Gasteiger partial charge in [0.2, 0.25) is 0 Å². The molecule has 3 rings (SSSR count). The number of amides is 1. The highest BCUT2D eigenvalue weighted by Crippen LogP contribution is 2.23. The van der Waals surface area contributed by atoms with E-state index in [0.717, 1.165) is 28.8 Å². The van der Waals surface area contributed by atoms with Crippen molar-refractivity contribution in [2.24, 2.45) is 0 Å². The van der Waals surface area contributed by atoms with Crippen molar-refractivity contribution in [1.82, 2.24) is 9.80 Å². The zero-order valence-corrected chi connectivity index (χ0v) is 12.5. The molecule has 96 valence electrons. The maximum absolute atomic E-state index is 12.5. The van der Waals surface area contributed by atoms with E-state index in [4.69, 9.17) is 0 Å². The molecule has 0 saturated carbocycles. The lowest BCUT2D eigenvalue weighted by molar-refractivity contribution is 0.0570. The van der Waals surface area contributed by atoms with Gasteiger partial charge in [0.1, 0.15) is 0 Å². The molecule has 0 aliphatic carbocycles. The second kappa shape index (κ2) is 5.17. The molecule has 0 spiro atoms. The van der Waals surface area contributed by atoms with Crippen LogP contribution in [0.25, 0.3) is 0 Å². The summed E-state index contributed by atoms with van der Waals surface area (Å²) in [6.45, 7) is 4.04. The molecule has 0 N–H and O–H groups in total. The van der Waals surface area contributed by atoms with Gasteiger partial charge in [0.15, 0.2) is 0 Å². The van der Waals surface area contributed by atoms with Crippen molar-refractivity contribution in [2.75, 3.05) is 26.2 Å². The van der Waals surface area contributed by atoms with Gasteiger partial charge in [0.05, 0.1) is 5.56 Å². The minimum absolute atomic E-state index is 0.201. The summed E-state index contributed by atoms with van der Waals surface area (Å²) >= 11 is 2.24. The van der Waals surface area contributed by atoms with Crippen molar-refractivity contribution in [3.63, 3.8) is 0 Å². The largest absolute Gasteiger partial charge is 0.336 e. The summed E-state index contributed by atoms with van der Waals surface area (Å²) in [6, 6.07) is 8.46. The molecule has 2 saturated heterocycles. The topological polar surface area (TPSA) is 23.6 Å². The van der Waals surface area contributed by atoms with Gasteiger partial charge in [-0.3, -0.25) is 9.69 Å². The summed E-state index contributed by atoms with van der Waals surface area (Å²) in [5.74, 6) is 0.201. The molecule has 2 fully saturated rings. The Morgan fingerprint density at radius 3 is 2.89 bits per heavy atom. The predicted molar refractivity (Wildman–Crippen MR) is 79.7 cm³/mol. The molecule has 1 amide bonds. The molecule has 1 unspecified atom stereocenters. The first-order chi connectivity index (χ1) is 8.75. The van der Waals surface area contributed by atoms with E-state index < -0.39 is 0 Å². The van der Waals surface area contributed by atoms with Crippen molar-refractivity contribution in [1.29, 1.82) is 0 Å². The summed E-state index contributed by atoms with van der Waals surface area (Å²) < 4.78 is 1.05. The molecule has 2 aliphatic heterocycles. The Kier molecular flexibility index (Phi) is 3.56. The minimum Gasteiger partial charge on any atom is -0.336 e. The fourth-order valence-electron chi connectivity index (χ4n) is 2.98. The van der Waals surface area contributed by atoms with Gasteiger partial charge in [-0.1, -0.05) is 12.1 Å². The number of rotatable bonds is 1. The van der Waals surface area contributed by atoms with Crippen molar-refractivity contribution >= 4 is 28.5 Å². The third kappa shape index (κ3) is 2.28. The standard InChI is InChI=1S/C14H17IN2O/c15-13-6-2-1-5-12(13)14(18)17-9-8-16-7-3-4-11(16)10-17/h1-2,5-6,11H,3-4,7-10H2. The number of carbonyl (C=O) groups is 1. The Morgan fingerprint density at radius 2 is 2.06 bits per heavy atom. The molecule has 2 aliphatic rings. The van der Waals surface area contributed by atoms with E-state index in [1.165, 1.54) is 19.4 Å². The van der Waals surface area contributed by atoms with Crippen LogP contribution in [0.1, 0.15) is 23.2 Å². The maximum Gasteiger partial charge on any atom is 0.255 e. The second-order valence-electron chi connectivity index (χ2n) is 5.06. The van der Waals surface area contributed by atoms with E-state index in [1.54, 1.807) is 0 Å². The van der Waals surface area contributed by atoms with Crippen molar-refractivity contribution in [3.05, 3.63) is 33.4 Å². The molecule has 1 aromatic rings. The summed E-state index contributed by atoms with van der Waals surface area (Å²) in [5.41, 5.74) is 0.851. The van der Waals surface area contributed by atoms with Crippen LogP contribution in [0.3, 0.4) is 0 Å². The van der Waals surface area contributed by atoms with Crippen molar-refractivity contribution in [3.8, 4) is 0 Å². The number of piperazine rings is 1. The number of fused-ring (bicyclic) bond motifs is 1. The van der Waals surface area contributed by atoms with E-state index in [2.05, 4.69) is 27.5 Å². The predicted octanol–water partition coefficient (Wildman–Crippen LogP) is 2.21. The maximum atomic E-state index is 12.5. The van der Waals surface area contributed by atoms with Gasteiger partial charge in [-0.2, -0.15) is 0 Å². The van der Waals surface area contributed by atoms with Gasteiger partial charge in [0, 0.05) is 29.2 Å². The van der Waals surface area contributed by atoms with Crippen LogP contribution in [0, 0.1) is 3.57 Å². The van der Waals surface area contributed by atoms with E-state index >= 15 is 0 Å². The first-order valence-corrected chi connectivity index (χ1v) is 7.61. The Bertz CT molecular complexity index is 463. The van der Waals surface area contributed by atoms with Gasteiger partial charge in [-0.05, 0) is 54.1 Å². The Hall–Kier alpha value is -0.620. The highest BCUT2D eigenvalue weighted by molar-refractivity contribution is 14.1. The van der Waals surface area contributed by atoms with Gasteiger partial charge >= 0.3 is 0 Å². The highest BCUT2D eigenvalue weighted by Gasteiger charge is 2.32. The first kappa shape index (κ1) is 12.4. The number of carbonyl (C=O) groups excluding carboxylic acids is 1. The van der Waals surface area contributed by atoms with Crippen LogP contribution in [-0.2, 0) is 0 Å². The Labute approximate surface area is 121 Å². The average Bonchev–Trinajstić information content (AvgIpc) is 2.85. The van der Waals surface area contributed by atoms with Crippen molar-refractivity contribution in [2.45, 2.75) is 18.9 Å². The van der Waals surface area contributed by atoms with Gasteiger partial charge in [0.25, 0.3) is 5.91 Å². The van der Waals surface area contributed by atoms with E-state index in [-0.39, 0.29) is 5.91 Å². The molecule has 18 heavy (non-hydrogen) atoms. The van der Waals surface area contributed by atoms with Gasteiger partial charge in [-0.15, -0.1) is 0 Å². The number of halogens is 1. The van der Waals surface area contributed by atoms with Crippen LogP contribution in [0.4, 0.5) is 0 Å². The minimum atomic E-state index is 0.201. The second-order valence-corrected chi connectivity index (χ2v) is 6.23. The summed E-state index contributed by atoms with van der Waals surface area (Å²) in [4.78, 5) is 17.1. The normalized spacial score (nSPS) is 24.1. The van der Waals surface area contributed by atoms with E-state index in [0.29, 0.717) is 6.04 Å². The quantitative estimate of drug-likeness (QED) is 0.721. The molecule has 3 nitrogen and oxygen atoms in total. The number of hydrogen-bond acceptors (Lipinski definition) is 2. The fraction of sp³-hybridized carbons (Fsp3) is 0.500. The molecular formula is C14H17IN2O. The molecule has 1 atom stereocenters. The van der Waals surface area contributed by atoms with Crippen LogP contribution in [0.15, 0.2) is 24.3 Å². The third-order valence-electron chi connectivity index (χ3n) is 3.98. The zero-order chi connectivity index (χ0) is 12.5. The van der Waals surface area contributed by atoms with Gasteiger partial charge in [-0.25, -0.2) is 0 Å². The smallest absolute Gasteiger partial charge is 0.255 e. The highest BCUT2D eigenvalue weighted by atomic mass is 127. The molecule has 0 radical (unpaired) electrons. The molecule has 2 heterocycles.